The van der Waals surface area contributed by atoms with Crippen LogP contribution in [0.1, 0.15) is 19.8 Å². The van der Waals surface area contributed by atoms with Gasteiger partial charge in [0.2, 0.25) is 5.09 Å². The molecule has 5 nitrogen and oxygen atoms in total. The van der Waals surface area contributed by atoms with Crippen LogP contribution < -0.4 is 5.32 Å². The van der Waals surface area contributed by atoms with Crippen LogP contribution in [0.3, 0.4) is 0 Å². The van der Waals surface area contributed by atoms with E-state index in [1.165, 1.54) is 16.6 Å². The van der Waals surface area contributed by atoms with Crippen molar-refractivity contribution in [2.75, 3.05) is 26.2 Å². The number of hydrogen-bond donors (Lipinski definition) is 1. The molecular formula is C12H21ClN2O3S. The Morgan fingerprint density at radius 1 is 1.42 bits per heavy atom. The van der Waals surface area contributed by atoms with Gasteiger partial charge in [-0.3, -0.25) is 0 Å². The molecule has 1 aromatic rings. The van der Waals surface area contributed by atoms with Crippen molar-refractivity contribution in [1.82, 2.24) is 9.62 Å². The summed E-state index contributed by atoms with van der Waals surface area (Å²) in [6.45, 7) is 5.19. The van der Waals surface area contributed by atoms with Crippen LogP contribution in [0.5, 0.6) is 0 Å². The number of piperidine rings is 1. The van der Waals surface area contributed by atoms with Gasteiger partial charge in [-0.15, -0.1) is 12.4 Å². The molecule has 0 spiro atoms. The highest BCUT2D eigenvalue weighted by Crippen LogP contribution is 2.23. The van der Waals surface area contributed by atoms with Crippen molar-refractivity contribution in [3.8, 4) is 0 Å². The molecule has 1 aliphatic rings. The predicted molar refractivity (Wildman–Crippen MR) is 76.0 cm³/mol. The monoisotopic (exact) mass is 308 g/mol. The first-order valence-electron chi connectivity index (χ1n) is 6.39. The molecule has 19 heavy (non-hydrogen) atoms. The summed E-state index contributed by atoms with van der Waals surface area (Å²) in [5, 5.41) is 3.36. The fraction of sp³-hybridized carbons (Fsp3) is 0.667. The normalized spacial score (nSPS) is 18.2. The molecule has 110 valence electrons. The van der Waals surface area contributed by atoms with Crippen molar-refractivity contribution in [2.24, 2.45) is 5.92 Å². The lowest BCUT2D eigenvalue weighted by atomic mass is 9.98. The number of nitrogens with zero attached hydrogens (tertiary/aromatic N) is 1. The van der Waals surface area contributed by atoms with E-state index in [0.717, 1.165) is 25.9 Å². The highest BCUT2D eigenvalue weighted by atomic mass is 35.5. The van der Waals surface area contributed by atoms with Gasteiger partial charge in [0.15, 0.2) is 0 Å². The largest absolute Gasteiger partial charge is 0.452 e. The van der Waals surface area contributed by atoms with Gasteiger partial charge in [0.25, 0.3) is 10.0 Å². The minimum Gasteiger partial charge on any atom is -0.452 e. The second-order valence-corrected chi connectivity index (χ2v) is 6.46. The zero-order valence-electron chi connectivity index (χ0n) is 11.0. The fourth-order valence-electron chi connectivity index (χ4n) is 2.24. The molecule has 7 heteroatoms. The maximum absolute atomic E-state index is 12.2. The molecule has 1 fully saturated rings. The van der Waals surface area contributed by atoms with Gasteiger partial charge in [-0.2, -0.15) is 4.31 Å². The zero-order valence-corrected chi connectivity index (χ0v) is 12.7. The van der Waals surface area contributed by atoms with E-state index in [2.05, 4.69) is 12.2 Å². The predicted octanol–water partition coefficient (Wildman–Crippen LogP) is 1.71. The molecule has 0 aromatic carbocycles. The van der Waals surface area contributed by atoms with E-state index in [0.29, 0.717) is 19.0 Å². The van der Waals surface area contributed by atoms with Crippen LogP contribution >= 0.6 is 12.4 Å². The lowest BCUT2D eigenvalue weighted by molar-refractivity contribution is 0.263. The third kappa shape index (κ3) is 3.95. The van der Waals surface area contributed by atoms with Gasteiger partial charge in [0.1, 0.15) is 0 Å². The number of hydrogen-bond acceptors (Lipinski definition) is 4. The molecule has 1 aromatic heterocycles. The summed E-state index contributed by atoms with van der Waals surface area (Å²) < 4.78 is 30.9. The molecule has 0 aliphatic carbocycles. The Labute approximate surface area is 120 Å². The third-order valence-corrected chi connectivity index (χ3v) is 5.13. The van der Waals surface area contributed by atoms with Crippen LogP contribution in [0.25, 0.3) is 0 Å². The Morgan fingerprint density at radius 3 is 2.63 bits per heavy atom. The lowest BCUT2D eigenvalue weighted by Crippen LogP contribution is -2.40. The molecule has 0 saturated carbocycles. The van der Waals surface area contributed by atoms with Crippen molar-refractivity contribution in [3.05, 3.63) is 18.4 Å². The van der Waals surface area contributed by atoms with Crippen molar-refractivity contribution in [3.63, 3.8) is 0 Å². The maximum atomic E-state index is 12.2. The van der Waals surface area contributed by atoms with Crippen LogP contribution in [0, 0.1) is 5.92 Å². The van der Waals surface area contributed by atoms with E-state index in [1.807, 2.05) is 0 Å². The second kappa shape index (κ2) is 7.28. The van der Waals surface area contributed by atoms with Crippen molar-refractivity contribution in [2.45, 2.75) is 24.9 Å². The van der Waals surface area contributed by atoms with E-state index in [1.54, 1.807) is 6.07 Å². The van der Waals surface area contributed by atoms with Crippen LogP contribution in [-0.4, -0.2) is 38.9 Å². The summed E-state index contributed by atoms with van der Waals surface area (Å²) in [5.74, 6) is 0.577. The average Bonchev–Trinajstić information content (AvgIpc) is 2.91. The minimum atomic E-state index is -3.42. The Kier molecular flexibility index (Phi) is 6.32. The molecule has 1 aliphatic heterocycles. The maximum Gasteiger partial charge on any atom is 0.276 e. The first kappa shape index (κ1) is 16.5. The molecule has 0 bridgehead atoms. The number of furan rings is 1. The second-order valence-electron chi connectivity index (χ2n) is 4.59. The fourth-order valence-corrected chi connectivity index (χ4v) is 3.61. The van der Waals surface area contributed by atoms with Gasteiger partial charge >= 0.3 is 0 Å². The first-order valence-corrected chi connectivity index (χ1v) is 7.83. The van der Waals surface area contributed by atoms with E-state index >= 15 is 0 Å². The molecule has 2 heterocycles. The van der Waals surface area contributed by atoms with E-state index < -0.39 is 10.0 Å². The van der Waals surface area contributed by atoms with Crippen LogP contribution in [-0.2, 0) is 10.0 Å². The number of rotatable bonds is 5. The average molecular weight is 309 g/mol. The number of sulfonamides is 1. The number of nitrogens with one attached hydrogen (secondary N) is 1. The smallest absolute Gasteiger partial charge is 0.276 e. The molecule has 0 unspecified atom stereocenters. The van der Waals surface area contributed by atoms with Crippen molar-refractivity contribution in [1.29, 1.82) is 0 Å². The molecule has 0 radical (unpaired) electrons. The minimum absolute atomic E-state index is 0. The van der Waals surface area contributed by atoms with E-state index in [9.17, 15) is 8.42 Å². The van der Waals surface area contributed by atoms with Gasteiger partial charge < -0.3 is 9.73 Å². The van der Waals surface area contributed by atoms with Crippen molar-refractivity contribution < 1.29 is 12.8 Å². The van der Waals surface area contributed by atoms with Gasteiger partial charge in [-0.05, 0) is 44.0 Å². The summed E-state index contributed by atoms with van der Waals surface area (Å²) in [7, 11) is -3.42. The van der Waals surface area contributed by atoms with Crippen LogP contribution in [0.4, 0.5) is 0 Å². The molecule has 1 saturated heterocycles. The van der Waals surface area contributed by atoms with Gasteiger partial charge in [-0.1, -0.05) is 6.92 Å². The quantitative estimate of drug-likeness (QED) is 0.899. The Balaban J connectivity index is 0.00000180. The highest BCUT2D eigenvalue weighted by Gasteiger charge is 2.30. The summed E-state index contributed by atoms with van der Waals surface area (Å²) in [6.07, 6.45) is 3.21. The summed E-state index contributed by atoms with van der Waals surface area (Å²) >= 11 is 0. The molecule has 0 amide bonds. The summed E-state index contributed by atoms with van der Waals surface area (Å²) in [5.41, 5.74) is 0. The van der Waals surface area contributed by atoms with Gasteiger partial charge in [0.05, 0.1) is 6.26 Å². The Bertz CT molecular complexity index is 453. The van der Waals surface area contributed by atoms with E-state index in [-0.39, 0.29) is 17.5 Å². The standard InChI is InChI=1S/C12H20N2O3S.ClH/c1-2-13-10-11-5-7-14(8-6-11)18(15,16)12-4-3-9-17-12;/h3-4,9,11,13H,2,5-8,10H2,1H3;1H. The van der Waals surface area contributed by atoms with Crippen LogP contribution in [0.2, 0.25) is 0 Å². The summed E-state index contributed by atoms with van der Waals surface area (Å²) in [6, 6.07) is 3.10. The highest BCUT2D eigenvalue weighted by molar-refractivity contribution is 7.89. The Hall–Kier alpha value is -0.560. The molecule has 1 N–H and O–H groups in total. The van der Waals surface area contributed by atoms with Crippen LogP contribution in [0.15, 0.2) is 27.9 Å². The molecule has 2 rings (SSSR count). The Morgan fingerprint density at radius 2 is 2.11 bits per heavy atom. The SMILES string of the molecule is CCNCC1CCN(S(=O)(=O)c2ccco2)CC1.Cl. The molecular weight excluding hydrogens is 288 g/mol. The first-order chi connectivity index (χ1) is 8.64. The third-order valence-electron chi connectivity index (χ3n) is 3.35. The number of halogens is 1. The van der Waals surface area contributed by atoms with E-state index in [4.69, 9.17) is 4.42 Å². The zero-order chi connectivity index (χ0) is 13.0. The topological polar surface area (TPSA) is 62.6 Å². The molecule has 0 atom stereocenters. The van der Waals surface area contributed by atoms with Gasteiger partial charge in [-0.25, -0.2) is 8.42 Å². The lowest BCUT2D eigenvalue weighted by Gasteiger charge is -2.30. The summed E-state index contributed by atoms with van der Waals surface area (Å²) in [4.78, 5) is 0. The van der Waals surface area contributed by atoms with Crippen molar-refractivity contribution >= 4 is 22.4 Å². The van der Waals surface area contributed by atoms with Gasteiger partial charge in [0, 0.05) is 13.1 Å².